The molecule has 3 rings (SSSR count). The molecule has 1 heterocycles. The van der Waals surface area contributed by atoms with Gasteiger partial charge in [-0.3, -0.25) is 0 Å². The third-order valence-electron chi connectivity index (χ3n) is 4.25. The van der Waals surface area contributed by atoms with Gasteiger partial charge < -0.3 is 10.4 Å². The van der Waals surface area contributed by atoms with Crippen molar-refractivity contribution in [2.45, 2.75) is 38.2 Å². The van der Waals surface area contributed by atoms with Gasteiger partial charge in [0.2, 0.25) is 5.95 Å². The molecule has 0 atom stereocenters. The summed E-state index contributed by atoms with van der Waals surface area (Å²) in [6, 6.07) is 9.72. The van der Waals surface area contributed by atoms with Crippen LogP contribution in [0.15, 0.2) is 30.3 Å². The Morgan fingerprint density at radius 2 is 2.00 bits per heavy atom. The van der Waals surface area contributed by atoms with Crippen molar-refractivity contribution in [3.8, 4) is 5.69 Å². The zero-order valence-electron chi connectivity index (χ0n) is 12.2. The van der Waals surface area contributed by atoms with Crippen LogP contribution in [0.2, 0.25) is 0 Å². The number of anilines is 1. The van der Waals surface area contributed by atoms with Crippen molar-refractivity contribution >= 4 is 5.95 Å². The average Bonchev–Trinajstić information content (AvgIpc) is 2.98. The Hall–Kier alpha value is -1.95. The fraction of sp³-hybridized carbons (Fsp3) is 0.533. The van der Waals surface area contributed by atoms with Gasteiger partial charge in [-0.1, -0.05) is 30.2 Å². The SMILES string of the molecule is CC1CCC(O)(CNc2nnnn2-c2ccccc2)CC1. The van der Waals surface area contributed by atoms with Crippen molar-refractivity contribution in [3.05, 3.63) is 30.3 Å². The Labute approximate surface area is 124 Å². The van der Waals surface area contributed by atoms with E-state index in [1.807, 2.05) is 30.3 Å². The highest BCUT2D eigenvalue weighted by Gasteiger charge is 2.32. The zero-order valence-corrected chi connectivity index (χ0v) is 12.2. The second-order valence-electron chi connectivity index (χ2n) is 6.01. The van der Waals surface area contributed by atoms with Crippen LogP contribution in [0.4, 0.5) is 5.95 Å². The molecule has 2 aromatic rings. The maximum atomic E-state index is 10.6. The molecular formula is C15H21N5O. The molecule has 0 aliphatic heterocycles. The first-order valence-electron chi connectivity index (χ1n) is 7.46. The Kier molecular flexibility index (Phi) is 3.88. The zero-order chi connectivity index (χ0) is 14.7. The van der Waals surface area contributed by atoms with Crippen LogP contribution in [0.1, 0.15) is 32.6 Å². The number of tetrazole rings is 1. The summed E-state index contributed by atoms with van der Waals surface area (Å²) in [5.74, 6) is 1.27. The van der Waals surface area contributed by atoms with E-state index in [9.17, 15) is 5.11 Å². The number of hydrogen-bond donors (Lipinski definition) is 2. The molecule has 2 N–H and O–H groups in total. The highest BCUT2D eigenvalue weighted by atomic mass is 16.3. The molecule has 0 radical (unpaired) electrons. The summed E-state index contributed by atoms with van der Waals surface area (Å²) in [6.07, 6.45) is 3.80. The van der Waals surface area contributed by atoms with E-state index in [1.54, 1.807) is 4.68 Å². The first kappa shape index (κ1) is 14.0. The minimum Gasteiger partial charge on any atom is -0.388 e. The average molecular weight is 287 g/mol. The number of nitrogens with zero attached hydrogens (tertiary/aromatic N) is 4. The number of aliphatic hydroxyl groups is 1. The van der Waals surface area contributed by atoms with Crippen LogP contribution < -0.4 is 5.32 Å². The van der Waals surface area contributed by atoms with Crippen LogP contribution in [0.3, 0.4) is 0 Å². The molecule has 0 spiro atoms. The molecule has 1 aliphatic carbocycles. The third-order valence-corrected chi connectivity index (χ3v) is 4.25. The minimum atomic E-state index is -0.653. The van der Waals surface area contributed by atoms with Crippen molar-refractivity contribution in [3.63, 3.8) is 0 Å². The molecule has 21 heavy (non-hydrogen) atoms. The monoisotopic (exact) mass is 287 g/mol. The van der Waals surface area contributed by atoms with Crippen molar-refractivity contribution in [1.29, 1.82) is 0 Å². The van der Waals surface area contributed by atoms with Gasteiger partial charge in [0.25, 0.3) is 0 Å². The fourth-order valence-corrected chi connectivity index (χ4v) is 2.76. The summed E-state index contributed by atoms with van der Waals surface area (Å²) in [6.45, 7) is 2.72. The quantitative estimate of drug-likeness (QED) is 0.899. The second-order valence-corrected chi connectivity index (χ2v) is 6.01. The summed E-state index contributed by atoms with van der Waals surface area (Å²) in [4.78, 5) is 0. The molecule has 0 unspecified atom stereocenters. The molecule has 1 aliphatic rings. The van der Waals surface area contributed by atoms with Gasteiger partial charge in [0.15, 0.2) is 0 Å². The molecule has 0 amide bonds. The highest BCUT2D eigenvalue weighted by Crippen LogP contribution is 2.31. The molecule has 1 aromatic heterocycles. The van der Waals surface area contributed by atoms with Gasteiger partial charge >= 0.3 is 0 Å². The number of benzene rings is 1. The Balaban J connectivity index is 1.68. The van der Waals surface area contributed by atoms with E-state index >= 15 is 0 Å². The molecule has 1 saturated carbocycles. The van der Waals surface area contributed by atoms with Crippen molar-refractivity contribution in [1.82, 2.24) is 20.2 Å². The lowest BCUT2D eigenvalue weighted by molar-refractivity contribution is 0.00484. The number of hydrogen-bond acceptors (Lipinski definition) is 5. The summed E-state index contributed by atoms with van der Waals surface area (Å²) in [5, 5.41) is 25.5. The first-order valence-corrected chi connectivity index (χ1v) is 7.46. The molecule has 0 saturated heterocycles. The lowest BCUT2D eigenvalue weighted by Crippen LogP contribution is -2.40. The molecule has 1 aromatic carbocycles. The van der Waals surface area contributed by atoms with Crippen LogP contribution in [0.5, 0.6) is 0 Å². The van der Waals surface area contributed by atoms with Gasteiger partial charge in [-0.2, -0.15) is 4.68 Å². The van der Waals surface area contributed by atoms with Gasteiger partial charge in [-0.25, -0.2) is 0 Å². The van der Waals surface area contributed by atoms with E-state index in [0.717, 1.165) is 31.4 Å². The molecule has 0 bridgehead atoms. The van der Waals surface area contributed by atoms with Crippen molar-refractivity contribution in [2.75, 3.05) is 11.9 Å². The fourth-order valence-electron chi connectivity index (χ4n) is 2.76. The Morgan fingerprint density at radius 3 is 2.71 bits per heavy atom. The number of nitrogens with one attached hydrogen (secondary N) is 1. The predicted octanol–water partition coefficient (Wildman–Crippen LogP) is 2.02. The Morgan fingerprint density at radius 1 is 1.29 bits per heavy atom. The van der Waals surface area contributed by atoms with E-state index in [1.165, 1.54) is 0 Å². The molecular weight excluding hydrogens is 266 g/mol. The topological polar surface area (TPSA) is 75.9 Å². The smallest absolute Gasteiger partial charge is 0.247 e. The lowest BCUT2D eigenvalue weighted by Gasteiger charge is -2.34. The van der Waals surface area contributed by atoms with Crippen LogP contribution in [0.25, 0.3) is 5.69 Å². The molecule has 1 fully saturated rings. The van der Waals surface area contributed by atoms with Crippen LogP contribution >= 0.6 is 0 Å². The van der Waals surface area contributed by atoms with Gasteiger partial charge in [-0.15, -0.1) is 0 Å². The molecule has 6 heteroatoms. The van der Waals surface area contributed by atoms with E-state index in [0.29, 0.717) is 18.4 Å². The van der Waals surface area contributed by atoms with Gasteiger partial charge in [0.1, 0.15) is 0 Å². The van der Waals surface area contributed by atoms with E-state index < -0.39 is 5.60 Å². The van der Waals surface area contributed by atoms with Crippen LogP contribution in [-0.4, -0.2) is 37.5 Å². The first-order chi connectivity index (χ1) is 10.2. The third kappa shape index (κ3) is 3.21. The summed E-state index contributed by atoms with van der Waals surface area (Å²) < 4.78 is 1.65. The van der Waals surface area contributed by atoms with E-state index in [2.05, 4.69) is 27.8 Å². The maximum absolute atomic E-state index is 10.6. The van der Waals surface area contributed by atoms with Gasteiger partial charge in [0, 0.05) is 6.54 Å². The molecule has 6 nitrogen and oxygen atoms in total. The second kappa shape index (κ2) is 5.81. The van der Waals surface area contributed by atoms with Gasteiger partial charge in [0.05, 0.1) is 11.3 Å². The maximum Gasteiger partial charge on any atom is 0.247 e. The Bertz CT molecular complexity index is 575. The minimum absolute atomic E-state index is 0.479. The number of para-hydroxylation sites is 1. The van der Waals surface area contributed by atoms with Crippen LogP contribution in [0, 0.1) is 5.92 Å². The standard InChI is InChI=1S/C15H21N5O/c1-12-7-9-15(21,10-8-12)11-16-14-17-18-19-20(14)13-5-3-2-4-6-13/h2-6,12,21H,7-11H2,1H3,(H,16,17,19). The lowest BCUT2D eigenvalue weighted by atomic mass is 9.79. The van der Waals surface area contributed by atoms with E-state index in [-0.39, 0.29) is 0 Å². The van der Waals surface area contributed by atoms with Crippen molar-refractivity contribution < 1.29 is 5.11 Å². The van der Waals surface area contributed by atoms with Gasteiger partial charge in [-0.05, 0) is 54.2 Å². The summed E-state index contributed by atoms with van der Waals surface area (Å²) >= 11 is 0. The predicted molar refractivity (Wildman–Crippen MR) is 80.2 cm³/mol. The molecule has 112 valence electrons. The summed E-state index contributed by atoms with van der Waals surface area (Å²) in [7, 11) is 0. The van der Waals surface area contributed by atoms with E-state index in [4.69, 9.17) is 0 Å². The highest BCUT2D eigenvalue weighted by molar-refractivity contribution is 5.38. The number of rotatable bonds is 4. The normalized spacial score (nSPS) is 25.7. The largest absolute Gasteiger partial charge is 0.388 e. The van der Waals surface area contributed by atoms with Crippen LogP contribution in [-0.2, 0) is 0 Å². The van der Waals surface area contributed by atoms with Crippen molar-refractivity contribution in [2.24, 2.45) is 5.92 Å². The number of aromatic nitrogens is 4. The summed E-state index contributed by atoms with van der Waals surface area (Å²) in [5.41, 5.74) is 0.245.